The van der Waals surface area contributed by atoms with Gasteiger partial charge in [-0.15, -0.1) is 0 Å². The summed E-state index contributed by atoms with van der Waals surface area (Å²) in [4.78, 5) is 9.29. The molecule has 1 aromatic heterocycles. The molecule has 1 aliphatic rings. The SMILES string of the molecule is CCCNc1cc(NCCC(C)(C)C)nc(C2CC2)n1. The summed E-state index contributed by atoms with van der Waals surface area (Å²) < 4.78 is 0. The van der Waals surface area contributed by atoms with Gasteiger partial charge in [-0.1, -0.05) is 27.7 Å². The van der Waals surface area contributed by atoms with E-state index in [1.807, 2.05) is 6.07 Å². The maximum atomic E-state index is 4.66. The summed E-state index contributed by atoms with van der Waals surface area (Å²) in [6, 6.07) is 2.03. The first-order valence-electron chi connectivity index (χ1n) is 7.84. The van der Waals surface area contributed by atoms with Gasteiger partial charge in [-0.25, -0.2) is 9.97 Å². The van der Waals surface area contributed by atoms with Gasteiger partial charge in [-0.2, -0.15) is 0 Å². The summed E-state index contributed by atoms with van der Waals surface area (Å²) in [5.74, 6) is 3.51. The van der Waals surface area contributed by atoms with Crippen LogP contribution in [0, 0.1) is 5.41 Å². The molecule has 0 amide bonds. The number of hydrogen-bond donors (Lipinski definition) is 2. The molecule has 0 spiro atoms. The predicted octanol–water partition coefficient (Wildman–Crippen LogP) is 4.02. The van der Waals surface area contributed by atoms with Crippen LogP contribution in [0.3, 0.4) is 0 Å². The standard InChI is InChI=1S/C16H28N4/c1-5-9-17-13-11-14(18-10-8-16(2,3)4)20-15(19-13)12-6-7-12/h11-12H,5-10H2,1-4H3,(H2,17,18,19,20). The molecule has 0 unspecified atom stereocenters. The molecular formula is C16H28N4. The molecular weight excluding hydrogens is 248 g/mol. The molecule has 1 aromatic rings. The van der Waals surface area contributed by atoms with E-state index in [1.165, 1.54) is 12.8 Å². The lowest BCUT2D eigenvalue weighted by molar-refractivity contribution is 0.389. The molecule has 0 bridgehead atoms. The van der Waals surface area contributed by atoms with Gasteiger partial charge in [0.05, 0.1) is 0 Å². The van der Waals surface area contributed by atoms with Crippen molar-refractivity contribution in [3.05, 3.63) is 11.9 Å². The number of nitrogens with zero attached hydrogens (tertiary/aromatic N) is 2. The average molecular weight is 276 g/mol. The van der Waals surface area contributed by atoms with Gasteiger partial charge in [0.25, 0.3) is 0 Å². The minimum Gasteiger partial charge on any atom is -0.370 e. The third-order valence-corrected chi connectivity index (χ3v) is 3.42. The molecule has 1 saturated carbocycles. The molecule has 0 radical (unpaired) electrons. The van der Waals surface area contributed by atoms with E-state index < -0.39 is 0 Å². The van der Waals surface area contributed by atoms with Crippen LogP contribution in [0.2, 0.25) is 0 Å². The lowest BCUT2D eigenvalue weighted by Gasteiger charge is -2.18. The van der Waals surface area contributed by atoms with Crippen LogP contribution in [-0.4, -0.2) is 23.1 Å². The lowest BCUT2D eigenvalue weighted by atomic mass is 9.92. The molecule has 0 saturated heterocycles. The Morgan fingerprint density at radius 1 is 1.10 bits per heavy atom. The zero-order valence-corrected chi connectivity index (χ0v) is 13.3. The van der Waals surface area contributed by atoms with E-state index in [0.717, 1.165) is 43.4 Å². The van der Waals surface area contributed by atoms with E-state index in [-0.39, 0.29) is 0 Å². The van der Waals surface area contributed by atoms with Crippen LogP contribution in [0.1, 0.15) is 65.1 Å². The molecule has 0 atom stereocenters. The van der Waals surface area contributed by atoms with Gasteiger partial charge < -0.3 is 10.6 Å². The van der Waals surface area contributed by atoms with Crippen LogP contribution in [0.25, 0.3) is 0 Å². The highest BCUT2D eigenvalue weighted by atomic mass is 15.1. The molecule has 2 rings (SSSR count). The predicted molar refractivity (Wildman–Crippen MR) is 85.3 cm³/mol. The van der Waals surface area contributed by atoms with Crippen LogP contribution >= 0.6 is 0 Å². The Bertz CT molecular complexity index is 433. The molecule has 20 heavy (non-hydrogen) atoms. The van der Waals surface area contributed by atoms with Crippen LogP contribution in [-0.2, 0) is 0 Å². The molecule has 1 fully saturated rings. The highest BCUT2D eigenvalue weighted by Gasteiger charge is 2.27. The second-order valence-electron chi connectivity index (χ2n) is 6.94. The molecule has 4 heteroatoms. The van der Waals surface area contributed by atoms with Crippen molar-refractivity contribution in [3.8, 4) is 0 Å². The molecule has 4 nitrogen and oxygen atoms in total. The largest absolute Gasteiger partial charge is 0.370 e. The van der Waals surface area contributed by atoms with Gasteiger partial charge in [-0.3, -0.25) is 0 Å². The van der Waals surface area contributed by atoms with E-state index >= 15 is 0 Å². The number of anilines is 2. The van der Waals surface area contributed by atoms with Crippen molar-refractivity contribution in [1.82, 2.24) is 9.97 Å². The zero-order valence-electron chi connectivity index (χ0n) is 13.3. The highest BCUT2D eigenvalue weighted by molar-refractivity contribution is 5.48. The zero-order chi connectivity index (χ0) is 14.6. The quantitative estimate of drug-likeness (QED) is 0.789. The Morgan fingerprint density at radius 3 is 2.20 bits per heavy atom. The van der Waals surface area contributed by atoms with Gasteiger partial charge in [0.1, 0.15) is 17.5 Å². The Labute approximate surface area is 122 Å². The highest BCUT2D eigenvalue weighted by Crippen LogP contribution is 2.38. The first kappa shape index (κ1) is 15.1. The summed E-state index contributed by atoms with van der Waals surface area (Å²) >= 11 is 0. The molecule has 1 heterocycles. The van der Waals surface area contributed by atoms with E-state index in [1.54, 1.807) is 0 Å². The summed E-state index contributed by atoms with van der Waals surface area (Å²) in [6.45, 7) is 10.9. The van der Waals surface area contributed by atoms with Crippen molar-refractivity contribution < 1.29 is 0 Å². The minimum absolute atomic E-state index is 0.350. The molecule has 0 aromatic carbocycles. The number of aromatic nitrogens is 2. The number of rotatable bonds is 7. The molecule has 1 aliphatic carbocycles. The van der Waals surface area contributed by atoms with Crippen molar-refractivity contribution in [3.63, 3.8) is 0 Å². The van der Waals surface area contributed by atoms with Crippen LogP contribution < -0.4 is 10.6 Å². The monoisotopic (exact) mass is 276 g/mol. The van der Waals surface area contributed by atoms with Crippen LogP contribution in [0.15, 0.2) is 6.07 Å². The van der Waals surface area contributed by atoms with Crippen molar-refractivity contribution in [2.75, 3.05) is 23.7 Å². The van der Waals surface area contributed by atoms with Gasteiger partial charge in [0.15, 0.2) is 0 Å². The fourth-order valence-electron chi connectivity index (χ4n) is 1.99. The molecule has 2 N–H and O–H groups in total. The van der Waals surface area contributed by atoms with E-state index in [0.29, 0.717) is 11.3 Å². The first-order chi connectivity index (χ1) is 9.48. The minimum atomic E-state index is 0.350. The van der Waals surface area contributed by atoms with Crippen molar-refractivity contribution >= 4 is 11.6 Å². The smallest absolute Gasteiger partial charge is 0.136 e. The number of hydrogen-bond acceptors (Lipinski definition) is 4. The fraction of sp³-hybridized carbons (Fsp3) is 0.750. The topological polar surface area (TPSA) is 49.8 Å². The second-order valence-corrected chi connectivity index (χ2v) is 6.94. The Hall–Kier alpha value is -1.32. The van der Waals surface area contributed by atoms with Crippen LogP contribution in [0.5, 0.6) is 0 Å². The summed E-state index contributed by atoms with van der Waals surface area (Å²) in [7, 11) is 0. The van der Waals surface area contributed by atoms with E-state index in [4.69, 9.17) is 0 Å². The van der Waals surface area contributed by atoms with Crippen molar-refractivity contribution in [2.45, 2.75) is 59.3 Å². The van der Waals surface area contributed by atoms with Gasteiger partial charge in [0, 0.05) is 25.1 Å². The number of nitrogens with one attached hydrogen (secondary N) is 2. The van der Waals surface area contributed by atoms with Crippen LogP contribution in [0.4, 0.5) is 11.6 Å². The third kappa shape index (κ3) is 4.99. The Morgan fingerprint density at radius 2 is 1.70 bits per heavy atom. The molecule has 0 aliphatic heterocycles. The second kappa shape index (κ2) is 6.42. The van der Waals surface area contributed by atoms with E-state index in [2.05, 4.69) is 48.3 Å². The van der Waals surface area contributed by atoms with Gasteiger partial charge in [0.2, 0.25) is 0 Å². The van der Waals surface area contributed by atoms with Gasteiger partial charge >= 0.3 is 0 Å². The summed E-state index contributed by atoms with van der Waals surface area (Å²) in [5.41, 5.74) is 0.350. The van der Waals surface area contributed by atoms with Crippen molar-refractivity contribution in [2.24, 2.45) is 5.41 Å². The average Bonchev–Trinajstić information content (AvgIpc) is 3.19. The Balaban J connectivity index is 2.00. The Kier molecular flexibility index (Phi) is 4.84. The van der Waals surface area contributed by atoms with E-state index in [9.17, 15) is 0 Å². The molecule has 112 valence electrons. The maximum absolute atomic E-state index is 4.66. The maximum Gasteiger partial charge on any atom is 0.136 e. The lowest BCUT2D eigenvalue weighted by Crippen LogP contribution is -2.14. The summed E-state index contributed by atoms with van der Waals surface area (Å²) in [5, 5.41) is 6.82. The van der Waals surface area contributed by atoms with Crippen molar-refractivity contribution in [1.29, 1.82) is 0 Å². The third-order valence-electron chi connectivity index (χ3n) is 3.42. The normalized spacial score (nSPS) is 15.2. The first-order valence-corrected chi connectivity index (χ1v) is 7.84. The van der Waals surface area contributed by atoms with Gasteiger partial charge in [-0.05, 0) is 31.1 Å². The fourth-order valence-corrected chi connectivity index (χ4v) is 1.99. The summed E-state index contributed by atoms with van der Waals surface area (Å²) in [6.07, 6.45) is 4.71.